The van der Waals surface area contributed by atoms with E-state index in [0.29, 0.717) is 19.3 Å². The van der Waals surface area contributed by atoms with E-state index in [1.165, 1.54) is 70.6 Å². The lowest BCUT2D eigenvalue weighted by molar-refractivity contribution is -0.152. The Hall–Kier alpha value is -2.92. The van der Waals surface area contributed by atoms with Gasteiger partial charge in [0.1, 0.15) is 19.3 Å². The maximum Gasteiger partial charge on any atom is 0.305 e. The minimum atomic E-state index is -0.993. The molecule has 0 radical (unpaired) electrons. The average molecular weight is 695 g/mol. The number of hydrogen-bond donors (Lipinski definition) is 1. The zero-order valence-corrected chi connectivity index (χ0v) is 32.1. The lowest BCUT2D eigenvalue weighted by Crippen LogP contribution is -2.25. The van der Waals surface area contributed by atoms with Crippen molar-refractivity contribution >= 4 is 11.9 Å². The normalized spacial score (nSPS) is 13.1. The lowest BCUT2D eigenvalue weighted by Gasteiger charge is -2.12. The van der Waals surface area contributed by atoms with Gasteiger partial charge in [-0.15, -0.1) is 0 Å². The van der Waals surface area contributed by atoms with Crippen LogP contribution in [-0.4, -0.2) is 36.4 Å². The molecule has 284 valence electrons. The van der Waals surface area contributed by atoms with E-state index in [0.717, 1.165) is 64.2 Å². The Morgan fingerprint density at radius 1 is 0.440 bits per heavy atom. The highest BCUT2D eigenvalue weighted by Gasteiger charge is 2.12. The van der Waals surface area contributed by atoms with Gasteiger partial charge in [0.05, 0.1) is 0 Å². The quantitative estimate of drug-likeness (QED) is 0.0406. The molecule has 0 saturated carbocycles. The maximum atomic E-state index is 12.0. The molecular formula is C45H74O5. The van der Waals surface area contributed by atoms with Crippen molar-refractivity contribution in [2.75, 3.05) is 13.2 Å². The van der Waals surface area contributed by atoms with Crippen molar-refractivity contribution in [1.29, 1.82) is 0 Å². The minimum Gasteiger partial charge on any atom is -0.463 e. The Bertz CT molecular complexity index is 968. The highest BCUT2D eigenvalue weighted by molar-refractivity contribution is 5.69. The number of ether oxygens (including phenoxy) is 2. The van der Waals surface area contributed by atoms with Crippen molar-refractivity contribution in [3.8, 4) is 0 Å². The second kappa shape index (κ2) is 40.5. The molecular weight excluding hydrogens is 620 g/mol. The summed E-state index contributed by atoms with van der Waals surface area (Å²) in [6.45, 7) is 4.10. The van der Waals surface area contributed by atoms with Crippen LogP contribution in [0.3, 0.4) is 0 Å². The van der Waals surface area contributed by atoms with E-state index < -0.39 is 6.10 Å². The molecule has 0 fully saturated rings. The average Bonchev–Trinajstić information content (AvgIpc) is 3.12. The standard InChI is InChI=1S/C45H74O5/c1-3-5-7-9-11-13-15-17-19-21-22-24-26-28-30-32-34-36-38-40-45(48)50-42-43(46)41-49-44(47)39-37-35-33-31-29-27-25-23-20-18-16-14-12-10-8-6-4-2/h6,8,11-14,17-20,25,27,31,33,43,46H,3-5,7,9-10,15-16,21-24,26,28-30,32,34-42H2,1-2H3/b8-6-,13-11-,14-12-,19-17-,20-18-,27-25-,33-31-/t43-/m0/s1. The maximum absolute atomic E-state index is 12.0. The smallest absolute Gasteiger partial charge is 0.305 e. The van der Waals surface area contributed by atoms with Crippen LogP contribution < -0.4 is 0 Å². The first-order valence-corrected chi connectivity index (χ1v) is 20.1. The molecule has 0 rings (SSSR count). The number of esters is 2. The first-order chi connectivity index (χ1) is 24.6. The van der Waals surface area contributed by atoms with Crippen molar-refractivity contribution in [3.05, 3.63) is 85.1 Å². The summed E-state index contributed by atoms with van der Waals surface area (Å²) in [5.41, 5.74) is 0. The Balaban J connectivity index is 3.55. The third kappa shape index (κ3) is 39.5. The van der Waals surface area contributed by atoms with E-state index in [1.807, 2.05) is 0 Å². The number of allylic oxidation sites excluding steroid dienone is 14. The predicted molar refractivity (Wildman–Crippen MR) is 214 cm³/mol. The lowest BCUT2D eigenvalue weighted by atomic mass is 10.1. The fourth-order valence-corrected chi connectivity index (χ4v) is 5.09. The van der Waals surface area contributed by atoms with Gasteiger partial charge in [0.25, 0.3) is 0 Å². The molecule has 0 heterocycles. The topological polar surface area (TPSA) is 72.8 Å². The van der Waals surface area contributed by atoms with Gasteiger partial charge >= 0.3 is 11.9 Å². The predicted octanol–water partition coefficient (Wildman–Crippen LogP) is 12.7. The van der Waals surface area contributed by atoms with Crippen LogP contribution in [0.2, 0.25) is 0 Å². The summed E-state index contributed by atoms with van der Waals surface area (Å²) < 4.78 is 10.3. The number of rotatable bonds is 35. The second-order valence-corrected chi connectivity index (χ2v) is 13.0. The van der Waals surface area contributed by atoms with Crippen LogP contribution in [0.15, 0.2) is 85.1 Å². The Kier molecular flexibility index (Phi) is 38.1. The van der Waals surface area contributed by atoms with E-state index in [2.05, 4.69) is 98.9 Å². The largest absolute Gasteiger partial charge is 0.463 e. The SMILES string of the molecule is CC/C=C\C/C=C\C/C=C\C/C=C\C/C=C\CCCC(=O)OC[C@H](O)COC(=O)CCCCCCCCCCC/C=C\C/C=C\CCCCC. The molecule has 0 saturated heterocycles. The molecule has 1 atom stereocenters. The molecule has 0 bridgehead atoms. The number of carbonyl (C=O) groups is 2. The molecule has 0 aliphatic rings. The summed E-state index contributed by atoms with van der Waals surface area (Å²) in [6.07, 6.45) is 55.0. The Labute approximate surface area is 307 Å². The van der Waals surface area contributed by atoms with Crippen molar-refractivity contribution in [1.82, 2.24) is 0 Å². The van der Waals surface area contributed by atoms with Crippen molar-refractivity contribution in [2.24, 2.45) is 0 Å². The molecule has 1 N–H and O–H groups in total. The van der Waals surface area contributed by atoms with Gasteiger partial charge in [0.15, 0.2) is 0 Å². The van der Waals surface area contributed by atoms with Crippen molar-refractivity contribution in [3.63, 3.8) is 0 Å². The first-order valence-electron chi connectivity index (χ1n) is 20.1. The van der Waals surface area contributed by atoms with Crippen molar-refractivity contribution < 1.29 is 24.2 Å². The molecule has 0 aliphatic heterocycles. The van der Waals surface area contributed by atoms with E-state index in [1.54, 1.807) is 0 Å². The molecule has 0 aliphatic carbocycles. The Morgan fingerprint density at radius 3 is 1.22 bits per heavy atom. The molecule has 0 aromatic rings. The second-order valence-electron chi connectivity index (χ2n) is 13.0. The Morgan fingerprint density at radius 2 is 0.780 bits per heavy atom. The van der Waals surface area contributed by atoms with Gasteiger partial charge < -0.3 is 14.6 Å². The summed E-state index contributed by atoms with van der Waals surface area (Å²) in [5, 5.41) is 10.0. The van der Waals surface area contributed by atoms with Gasteiger partial charge in [0.2, 0.25) is 0 Å². The third-order valence-corrected chi connectivity index (χ3v) is 8.11. The van der Waals surface area contributed by atoms with Crippen LogP contribution >= 0.6 is 0 Å². The van der Waals surface area contributed by atoms with Crippen LogP contribution in [0.25, 0.3) is 0 Å². The van der Waals surface area contributed by atoms with Crippen LogP contribution in [0.4, 0.5) is 0 Å². The van der Waals surface area contributed by atoms with E-state index in [4.69, 9.17) is 9.47 Å². The number of unbranched alkanes of at least 4 members (excludes halogenated alkanes) is 13. The monoisotopic (exact) mass is 695 g/mol. The fourth-order valence-electron chi connectivity index (χ4n) is 5.09. The summed E-state index contributed by atoms with van der Waals surface area (Å²) in [5.74, 6) is -0.642. The molecule has 5 heteroatoms. The zero-order chi connectivity index (χ0) is 36.4. The summed E-state index contributed by atoms with van der Waals surface area (Å²) >= 11 is 0. The van der Waals surface area contributed by atoms with E-state index >= 15 is 0 Å². The highest BCUT2D eigenvalue weighted by atomic mass is 16.6. The minimum absolute atomic E-state index is 0.141. The highest BCUT2D eigenvalue weighted by Crippen LogP contribution is 2.12. The van der Waals surface area contributed by atoms with Crippen LogP contribution in [-0.2, 0) is 19.1 Å². The number of hydrogen-bond acceptors (Lipinski definition) is 5. The summed E-state index contributed by atoms with van der Waals surface area (Å²) in [4.78, 5) is 23.9. The van der Waals surface area contributed by atoms with Crippen LogP contribution in [0.5, 0.6) is 0 Å². The third-order valence-electron chi connectivity index (χ3n) is 8.11. The molecule has 0 aromatic carbocycles. The van der Waals surface area contributed by atoms with Gasteiger partial charge in [-0.25, -0.2) is 0 Å². The molecule has 5 nitrogen and oxygen atoms in total. The molecule has 0 unspecified atom stereocenters. The van der Waals surface area contributed by atoms with Crippen LogP contribution in [0.1, 0.15) is 168 Å². The molecule has 0 spiro atoms. The van der Waals surface area contributed by atoms with Gasteiger partial charge in [-0.1, -0.05) is 157 Å². The van der Waals surface area contributed by atoms with Crippen LogP contribution in [0, 0.1) is 0 Å². The van der Waals surface area contributed by atoms with Gasteiger partial charge in [-0.3, -0.25) is 9.59 Å². The number of carbonyl (C=O) groups excluding carboxylic acids is 2. The van der Waals surface area contributed by atoms with E-state index in [9.17, 15) is 14.7 Å². The molecule has 0 aromatic heterocycles. The van der Waals surface area contributed by atoms with Gasteiger partial charge in [-0.2, -0.15) is 0 Å². The number of aliphatic hydroxyl groups excluding tert-OH is 1. The first kappa shape index (κ1) is 47.1. The fraction of sp³-hybridized carbons (Fsp3) is 0.644. The van der Waals surface area contributed by atoms with E-state index in [-0.39, 0.29) is 25.2 Å². The van der Waals surface area contributed by atoms with Crippen molar-refractivity contribution in [2.45, 2.75) is 174 Å². The molecule has 0 amide bonds. The summed E-state index contributed by atoms with van der Waals surface area (Å²) in [7, 11) is 0. The number of aliphatic hydroxyl groups is 1. The summed E-state index contributed by atoms with van der Waals surface area (Å²) in [6, 6.07) is 0. The zero-order valence-electron chi connectivity index (χ0n) is 32.1. The molecule has 50 heavy (non-hydrogen) atoms. The van der Waals surface area contributed by atoms with Gasteiger partial charge in [-0.05, 0) is 83.5 Å². The van der Waals surface area contributed by atoms with Gasteiger partial charge in [0, 0.05) is 12.8 Å².